The average Bonchev–Trinajstić information content (AvgIpc) is 2.26. The second-order valence-electron chi connectivity index (χ2n) is 4.36. The zero-order valence-electron chi connectivity index (χ0n) is 10.3. The van der Waals surface area contributed by atoms with Crippen LogP contribution in [0.3, 0.4) is 0 Å². The van der Waals surface area contributed by atoms with Gasteiger partial charge in [0.15, 0.2) is 0 Å². The summed E-state index contributed by atoms with van der Waals surface area (Å²) in [6.07, 6.45) is 0.931. The van der Waals surface area contributed by atoms with Gasteiger partial charge in [-0.25, -0.2) is 0 Å². The minimum Gasteiger partial charge on any atom is -0.279 e. The van der Waals surface area contributed by atoms with E-state index in [1.165, 1.54) is 12.1 Å². The molecule has 0 aliphatic heterocycles. The number of nitro groups is 1. The van der Waals surface area contributed by atoms with E-state index in [2.05, 4.69) is 24.4 Å². The second kappa shape index (κ2) is 5.98. The lowest BCUT2D eigenvalue weighted by Crippen LogP contribution is -2.01. The summed E-state index contributed by atoms with van der Waals surface area (Å²) in [5.41, 5.74) is 4.72. The average molecular weight is 235 g/mol. The molecule has 1 aromatic rings. The summed E-state index contributed by atoms with van der Waals surface area (Å²) in [5, 5.41) is 14.7. The fourth-order valence-electron chi connectivity index (χ4n) is 1.45. The van der Waals surface area contributed by atoms with Crippen LogP contribution in [0, 0.1) is 16.0 Å². The van der Waals surface area contributed by atoms with Gasteiger partial charge in [0.05, 0.1) is 10.6 Å². The van der Waals surface area contributed by atoms with Gasteiger partial charge in [-0.2, -0.15) is 5.10 Å². The van der Waals surface area contributed by atoms with Gasteiger partial charge < -0.3 is 0 Å². The summed E-state index contributed by atoms with van der Waals surface area (Å²) in [6, 6.07) is 6.19. The first-order chi connectivity index (χ1) is 7.99. The Morgan fingerprint density at radius 2 is 2.00 bits per heavy atom. The number of benzene rings is 1. The summed E-state index contributed by atoms with van der Waals surface area (Å²) < 4.78 is 0. The Labute approximate surface area is 101 Å². The highest BCUT2D eigenvalue weighted by molar-refractivity contribution is 5.82. The molecule has 5 heteroatoms. The molecule has 0 fully saturated rings. The number of hydrazone groups is 1. The third-order valence-corrected chi connectivity index (χ3v) is 2.16. The summed E-state index contributed by atoms with van der Waals surface area (Å²) in [5.74, 6) is 0.567. The van der Waals surface area contributed by atoms with Gasteiger partial charge in [-0.1, -0.05) is 13.8 Å². The molecule has 1 N–H and O–H groups in total. The van der Waals surface area contributed by atoms with Crippen molar-refractivity contribution in [3.05, 3.63) is 34.4 Å². The number of hydrogen-bond acceptors (Lipinski definition) is 4. The van der Waals surface area contributed by atoms with Crippen LogP contribution in [0.15, 0.2) is 29.4 Å². The van der Waals surface area contributed by atoms with Crippen molar-refractivity contribution in [3.8, 4) is 0 Å². The molecule has 0 aromatic heterocycles. The molecule has 0 saturated carbocycles. The number of nitrogens with zero attached hydrogens (tertiary/aromatic N) is 2. The van der Waals surface area contributed by atoms with Crippen LogP contribution in [-0.4, -0.2) is 10.6 Å². The van der Waals surface area contributed by atoms with E-state index in [4.69, 9.17) is 0 Å². The van der Waals surface area contributed by atoms with Crippen LogP contribution in [0.25, 0.3) is 0 Å². The predicted octanol–water partition coefficient (Wildman–Crippen LogP) is 3.43. The lowest BCUT2D eigenvalue weighted by Gasteiger charge is -2.05. The van der Waals surface area contributed by atoms with Crippen LogP contribution >= 0.6 is 0 Å². The highest BCUT2D eigenvalue weighted by atomic mass is 16.6. The maximum Gasteiger partial charge on any atom is 0.269 e. The molecule has 0 spiro atoms. The quantitative estimate of drug-likeness (QED) is 0.483. The van der Waals surface area contributed by atoms with E-state index in [9.17, 15) is 10.1 Å². The van der Waals surface area contributed by atoms with E-state index < -0.39 is 4.92 Å². The Kier molecular flexibility index (Phi) is 4.63. The molecule has 0 atom stereocenters. The highest BCUT2D eigenvalue weighted by Crippen LogP contribution is 2.15. The number of rotatable bonds is 5. The van der Waals surface area contributed by atoms with E-state index >= 15 is 0 Å². The smallest absolute Gasteiger partial charge is 0.269 e. The third kappa shape index (κ3) is 4.63. The maximum atomic E-state index is 10.5. The van der Waals surface area contributed by atoms with Crippen molar-refractivity contribution in [3.63, 3.8) is 0 Å². The van der Waals surface area contributed by atoms with E-state index in [1.807, 2.05) is 6.92 Å². The molecule has 17 heavy (non-hydrogen) atoms. The second-order valence-corrected chi connectivity index (χ2v) is 4.36. The lowest BCUT2D eigenvalue weighted by atomic mass is 10.1. The van der Waals surface area contributed by atoms with Crippen molar-refractivity contribution in [2.24, 2.45) is 11.0 Å². The third-order valence-electron chi connectivity index (χ3n) is 2.16. The Morgan fingerprint density at radius 1 is 1.41 bits per heavy atom. The number of nitro benzene ring substituents is 1. The summed E-state index contributed by atoms with van der Waals surface area (Å²) in [4.78, 5) is 10.0. The van der Waals surface area contributed by atoms with Crippen molar-refractivity contribution < 1.29 is 4.92 Å². The zero-order chi connectivity index (χ0) is 12.8. The molecular formula is C12H17N3O2. The minimum absolute atomic E-state index is 0.0819. The molecule has 0 saturated heterocycles. The topological polar surface area (TPSA) is 67.5 Å². The first-order valence-corrected chi connectivity index (χ1v) is 5.52. The Bertz CT molecular complexity index is 410. The van der Waals surface area contributed by atoms with Crippen LogP contribution in [0.4, 0.5) is 11.4 Å². The summed E-state index contributed by atoms with van der Waals surface area (Å²) >= 11 is 0. The van der Waals surface area contributed by atoms with E-state index in [-0.39, 0.29) is 5.69 Å². The van der Waals surface area contributed by atoms with Crippen LogP contribution in [0.1, 0.15) is 27.2 Å². The molecule has 92 valence electrons. The zero-order valence-corrected chi connectivity index (χ0v) is 10.3. The summed E-state index contributed by atoms with van der Waals surface area (Å²) in [6.45, 7) is 6.22. The monoisotopic (exact) mass is 235 g/mol. The Balaban J connectivity index is 2.60. The van der Waals surface area contributed by atoms with E-state index in [1.54, 1.807) is 12.1 Å². The fraction of sp³-hybridized carbons (Fsp3) is 0.417. The van der Waals surface area contributed by atoms with Crippen molar-refractivity contribution in [2.75, 3.05) is 5.43 Å². The van der Waals surface area contributed by atoms with Gasteiger partial charge in [-0.3, -0.25) is 15.5 Å². The molecule has 0 amide bonds. The molecule has 0 aliphatic rings. The molecule has 0 bridgehead atoms. The minimum atomic E-state index is -0.420. The van der Waals surface area contributed by atoms with Crippen molar-refractivity contribution in [2.45, 2.75) is 27.2 Å². The predicted molar refractivity (Wildman–Crippen MR) is 69.3 cm³/mol. The van der Waals surface area contributed by atoms with E-state index in [0.717, 1.165) is 17.8 Å². The Morgan fingerprint density at radius 3 is 2.47 bits per heavy atom. The molecule has 5 nitrogen and oxygen atoms in total. The number of non-ortho nitro benzene ring substituents is 1. The van der Waals surface area contributed by atoms with Gasteiger partial charge in [-0.15, -0.1) is 0 Å². The lowest BCUT2D eigenvalue weighted by molar-refractivity contribution is -0.384. The molecule has 0 aliphatic carbocycles. The molecule has 1 rings (SSSR count). The van der Waals surface area contributed by atoms with Crippen LogP contribution < -0.4 is 5.43 Å². The van der Waals surface area contributed by atoms with Crippen molar-refractivity contribution in [1.82, 2.24) is 0 Å². The normalized spacial score (nSPS) is 11.6. The van der Waals surface area contributed by atoms with Gasteiger partial charge in [0, 0.05) is 17.8 Å². The van der Waals surface area contributed by atoms with Crippen molar-refractivity contribution >= 4 is 17.1 Å². The number of anilines is 1. The fourth-order valence-corrected chi connectivity index (χ4v) is 1.45. The van der Waals surface area contributed by atoms with Crippen molar-refractivity contribution in [1.29, 1.82) is 0 Å². The molecule has 0 heterocycles. The van der Waals surface area contributed by atoms with Gasteiger partial charge in [0.2, 0.25) is 0 Å². The largest absolute Gasteiger partial charge is 0.279 e. The first-order valence-electron chi connectivity index (χ1n) is 5.52. The first kappa shape index (κ1) is 13.2. The highest BCUT2D eigenvalue weighted by Gasteiger charge is 2.03. The molecular weight excluding hydrogens is 218 g/mol. The molecule has 0 radical (unpaired) electrons. The number of hydrogen-bond donors (Lipinski definition) is 1. The maximum absolute atomic E-state index is 10.5. The van der Waals surface area contributed by atoms with E-state index in [0.29, 0.717) is 5.92 Å². The van der Waals surface area contributed by atoms with Gasteiger partial charge in [0.1, 0.15) is 0 Å². The standard InChI is InChI=1S/C12H17N3O2/c1-9(2)8-10(3)13-14-11-4-6-12(7-5-11)15(16)17/h4-7,9,14H,8H2,1-3H3/b13-10+. The molecule has 1 aromatic carbocycles. The molecule has 0 unspecified atom stereocenters. The van der Waals surface area contributed by atoms with Gasteiger partial charge >= 0.3 is 0 Å². The SMILES string of the molecule is C/C(CC(C)C)=N\Nc1ccc([N+](=O)[O-])cc1. The summed E-state index contributed by atoms with van der Waals surface area (Å²) in [7, 11) is 0. The van der Waals surface area contributed by atoms with Crippen LogP contribution in [-0.2, 0) is 0 Å². The Hall–Kier alpha value is -1.91. The number of nitrogens with one attached hydrogen (secondary N) is 1. The van der Waals surface area contributed by atoms with Gasteiger partial charge in [0.25, 0.3) is 5.69 Å². The van der Waals surface area contributed by atoms with Crippen LogP contribution in [0.2, 0.25) is 0 Å². The van der Waals surface area contributed by atoms with Gasteiger partial charge in [-0.05, 0) is 31.4 Å². The van der Waals surface area contributed by atoms with Crippen LogP contribution in [0.5, 0.6) is 0 Å².